The van der Waals surface area contributed by atoms with Crippen molar-refractivity contribution in [3.8, 4) is 0 Å². The number of nitrogens with one attached hydrogen (secondary N) is 1. The monoisotopic (exact) mass is 324 g/mol. The van der Waals surface area contributed by atoms with Gasteiger partial charge in [-0.25, -0.2) is 8.78 Å². The van der Waals surface area contributed by atoms with Gasteiger partial charge in [0.1, 0.15) is 12.6 Å². The molecule has 0 spiro atoms. The second-order valence-electron chi connectivity index (χ2n) is 4.78. The molecule has 112 valence electrons. The molecule has 1 aromatic rings. The normalized spacial score (nSPS) is 19.1. The molecule has 0 aromatic heterocycles. The minimum Gasteiger partial charge on any atom is -0.390 e. The first-order valence-electron chi connectivity index (χ1n) is 6.34. The van der Waals surface area contributed by atoms with Crippen LogP contribution in [0.1, 0.15) is 11.6 Å². The van der Waals surface area contributed by atoms with Crippen molar-refractivity contribution in [3.63, 3.8) is 0 Å². The fourth-order valence-corrected chi connectivity index (χ4v) is 2.74. The first-order chi connectivity index (χ1) is 9.45. The van der Waals surface area contributed by atoms with Crippen molar-refractivity contribution in [1.29, 1.82) is 0 Å². The topological polar surface area (TPSA) is 35.5 Å². The Labute approximate surface area is 126 Å². The van der Waals surface area contributed by atoms with E-state index in [-0.39, 0.29) is 5.02 Å². The molecule has 1 atom stereocenters. The Kier molecular flexibility index (Phi) is 5.20. The minimum absolute atomic E-state index is 0.234. The molecule has 1 aliphatic heterocycles. The Morgan fingerprint density at radius 1 is 1.25 bits per heavy atom. The summed E-state index contributed by atoms with van der Waals surface area (Å²) in [5.74, 6) is -3.24. The number of aliphatic hydroxyl groups excluding tert-OH is 1. The molecule has 1 heterocycles. The number of hydrogen-bond acceptors (Lipinski definition) is 3. The van der Waals surface area contributed by atoms with Crippen molar-refractivity contribution < 1.29 is 13.9 Å². The quantitative estimate of drug-likeness (QED) is 0.893. The lowest BCUT2D eigenvalue weighted by Crippen LogP contribution is -2.51. The van der Waals surface area contributed by atoms with E-state index in [2.05, 4.69) is 5.32 Å². The maximum absolute atomic E-state index is 14.1. The van der Waals surface area contributed by atoms with Crippen molar-refractivity contribution in [1.82, 2.24) is 10.2 Å². The average molecular weight is 325 g/mol. The number of benzene rings is 1. The van der Waals surface area contributed by atoms with E-state index in [9.17, 15) is 8.78 Å². The van der Waals surface area contributed by atoms with Gasteiger partial charge in [-0.3, -0.25) is 4.90 Å². The Morgan fingerprint density at radius 3 is 2.45 bits per heavy atom. The van der Waals surface area contributed by atoms with Crippen LogP contribution in [0.3, 0.4) is 0 Å². The smallest absolute Gasteiger partial charge is 0.289 e. The van der Waals surface area contributed by atoms with E-state index in [1.807, 2.05) is 0 Å². The zero-order valence-electron chi connectivity index (χ0n) is 10.8. The summed E-state index contributed by atoms with van der Waals surface area (Å²) < 4.78 is 28.3. The number of alkyl halides is 2. The van der Waals surface area contributed by atoms with E-state index in [1.54, 1.807) is 4.90 Å². The second-order valence-corrected chi connectivity index (χ2v) is 5.60. The lowest BCUT2D eigenvalue weighted by molar-refractivity contribution is -0.118. The number of halogens is 4. The first-order valence-corrected chi connectivity index (χ1v) is 7.09. The van der Waals surface area contributed by atoms with E-state index in [0.717, 1.165) is 0 Å². The van der Waals surface area contributed by atoms with E-state index in [4.69, 9.17) is 28.3 Å². The van der Waals surface area contributed by atoms with Gasteiger partial charge in [0.15, 0.2) is 0 Å². The minimum atomic E-state index is -3.24. The van der Waals surface area contributed by atoms with E-state index in [0.29, 0.717) is 36.8 Å². The van der Waals surface area contributed by atoms with Gasteiger partial charge < -0.3 is 10.4 Å². The van der Waals surface area contributed by atoms with Crippen LogP contribution in [0.15, 0.2) is 18.2 Å². The Morgan fingerprint density at radius 2 is 1.90 bits per heavy atom. The van der Waals surface area contributed by atoms with Crippen LogP contribution in [-0.4, -0.2) is 48.7 Å². The van der Waals surface area contributed by atoms with Gasteiger partial charge in [0.25, 0.3) is 5.92 Å². The number of aliphatic hydroxyl groups is 1. The third kappa shape index (κ3) is 3.40. The second kappa shape index (κ2) is 6.54. The van der Waals surface area contributed by atoms with Crippen molar-refractivity contribution in [2.75, 3.05) is 32.8 Å². The van der Waals surface area contributed by atoms with Gasteiger partial charge in [0, 0.05) is 26.2 Å². The third-order valence-corrected chi connectivity index (χ3v) is 4.13. The summed E-state index contributed by atoms with van der Waals surface area (Å²) in [5.41, 5.74) is 0.361. The standard InChI is InChI=1S/C13H16Cl2F2N2O/c14-10-2-1-9(7-11(10)15)12(13(16,17)8-20)19-5-3-18-4-6-19/h1-2,7,12,18,20H,3-6,8H2/t12-/m1/s1. The first kappa shape index (κ1) is 15.9. The van der Waals surface area contributed by atoms with Crippen molar-refractivity contribution in [2.45, 2.75) is 12.0 Å². The summed E-state index contributed by atoms with van der Waals surface area (Å²) in [4.78, 5) is 1.66. The summed E-state index contributed by atoms with van der Waals surface area (Å²) in [6, 6.07) is 3.27. The molecule has 1 saturated heterocycles. The zero-order valence-corrected chi connectivity index (χ0v) is 12.3. The summed E-state index contributed by atoms with van der Waals surface area (Å²) in [6.07, 6.45) is 0. The van der Waals surface area contributed by atoms with Gasteiger partial charge in [-0.2, -0.15) is 0 Å². The molecule has 7 heteroatoms. The van der Waals surface area contributed by atoms with Gasteiger partial charge >= 0.3 is 0 Å². The maximum atomic E-state index is 14.1. The fourth-order valence-electron chi connectivity index (χ4n) is 2.43. The largest absolute Gasteiger partial charge is 0.390 e. The molecule has 0 aliphatic carbocycles. The van der Waals surface area contributed by atoms with Crippen LogP contribution in [0.4, 0.5) is 8.78 Å². The van der Waals surface area contributed by atoms with Crippen molar-refractivity contribution in [3.05, 3.63) is 33.8 Å². The summed E-state index contributed by atoms with van der Waals surface area (Å²) >= 11 is 11.7. The zero-order chi connectivity index (χ0) is 14.8. The van der Waals surface area contributed by atoms with Crippen LogP contribution in [0.2, 0.25) is 10.0 Å². The summed E-state index contributed by atoms with van der Waals surface area (Å²) in [6.45, 7) is 1.04. The van der Waals surface area contributed by atoms with Gasteiger partial charge in [-0.15, -0.1) is 0 Å². The lowest BCUT2D eigenvalue weighted by Gasteiger charge is -2.38. The maximum Gasteiger partial charge on any atom is 0.289 e. The van der Waals surface area contributed by atoms with Gasteiger partial charge in [-0.05, 0) is 17.7 Å². The van der Waals surface area contributed by atoms with E-state index in [1.165, 1.54) is 18.2 Å². The predicted octanol–water partition coefficient (Wildman–Crippen LogP) is 2.57. The summed E-state index contributed by atoms with van der Waals surface area (Å²) in [5, 5.41) is 12.7. The molecule has 1 aromatic carbocycles. The molecule has 0 amide bonds. The van der Waals surface area contributed by atoms with Crippen LogP contribution in [-0.2, 0) is 0 Å². The van der Waals surface area contributed by atoms with E-state index >= 15 is 0 Å². The SMILES string of the molecule is OCC(F)(F)[C@@H](c1ccc(Cl)c(Cl)c1)N1CCNCC1. The van der Waals surface area contributed by atoms with Crippen molar-refractivity contribution >= 4 is 23.2 Å². The van der Waals surface area contributed by atoms with Crippen LogP contribution >= 0.6 is 23.2 Å². The molecular weight excluding hydrogens is 309 g/mol. The Bertz CT molecular complexity index is 468. The van der Waals surface area contributed by atoms with Crippen LogP contribution in [0, 0.1) is 0 Å². The number of hydrogen-bond donors (Lipinski definition) is 2. The molecule has 0 radical (unpaired) electrons. The van der Waals surface area contributed by atoms with Gasteiger partial charge in [0.05, 0.1) is 10.0 Å². The van der Waals surface area contributed by atoms with E-state index < -0.39 is 18.6 Å². The molecule has 2 N–H and O–H groups in total. The molecule has 0 saturated carbocycles. The highest BCUT2D eigenvalue weighted by atomic mass is 35.5. The van der Waals surface area contributed by atoms with Crippen LogP contribution in [0.5, 0.6) is 0 Å². The Hall–Kier alpha value is -0.460. The molecular formula is C13H16Cl2F2N2O. The van der Waals surface area contributed by atoms with Crippen LogP contribution < -0.4 is 5.32 Å². The van der Waals surface area contributed by atoms with Gasteiger partial charge in [-0.1, -0.05) is 29.3 Å². The average Bonchev–Trinajstić information content (AvgIpc) is 2.44. The highest BCUT2D eigenvalue weighted by molar-refractivity contribution is 6.42. The molecule has 1 aliphatic rings. The fraction of sp³-hybridized carbons (Fsp3) is 0.538. The third-order valence-electron chi connectivity index (χ3n) is 3.39. The van der Waals surface area contributed by atoms with Gasteiger partial charge in [0.2, 0.25) is 0 Å². The summed E-state index contributed by atoms with van der Waals surface area (Å²) in [7, 11) is 0. The molecule has 2 rings (SSSR count). The molecule has 0 bridgehead atoms. The Balaban J connectivity index is 2.36. The number of nitrogens with zero attached hydrogens (tertiary/aromatic N) is 1. The highest BCUT2D eigenvalue weighted by Gasteiger charge is 2.44. The molecule has 3 nitrogen and oxygen atoms in total. The lowest BCUT2D eigenvalue weighted by atomic mass is 9.98. The number of rotatable bonds is 4. The molecule has 1 fully saturated rings. The predicted molar refractivity (Wildman–Crippen MR) is 75.7 cm³/mol. The number of piperazine rings is 1. The molecule has 20 heavy (non-hydrogen) atoms. The van der Waals surface area contributed by atoms with Crippen LogP contribution in [0.25, 0.3) is 0 Å². The highest BCUT2D eigenvalue weighted by Crippen LogP contribution is 2.38. The molecule has 0 unspecified atom stereocenters. The van der Waals surface area contributed by atoms with Crippen molar-refractivity contribution in [2.24, 2.45) is 0 Å².